The lowest BCUT2D eigenvalue weighted by Gasteiger charge is -2.34. The molecule has 0 saturated carbocycles. The van der Waals surface area contributed by atoms with Gasteiger partial charge in [-0.25, -0.2) is 15.0 Å². The molecule has 9 nitrogen and oxygen atoms in total. The summed E-state index contributed by atoms with van der Waals surface area (Å²) in [6.07, 6.45) is 3.32. The minimum atomic E-state index is -0.617. The van der Waals surface area contributed by atoms with E-state index in [1.54, 1.807) is 25.4 Å². The smallest absolute Gasteiger partial charge is 0.316 e. The number of carbonyl (C=O) groups excluding carboxylic acids is 1. The van der Waals surface area contributed by atoms with Crippen LogP contribution >= 0.6 is 11.3 Å². The number of hydrogen-bond acceptors (Lipinski definition) is 10. The molecule has 37 heavy (non-hydrogen) atoms. The van der Waals surface area contributed by atoms with Crippen LogP contribution in [-0.2, 0) is 17.9 Å². The van der Waals surface area contributed by atoms with Gasteiger partial charge in [-0.1, -0.05) is 35.6 Å². The van der Waals surface area contributed by atoms with Gasteiger partial charge >= 0.3 is 6.01 Å². The van der Waals surface area contributed by atoms with Gasteiger partial charge in [0, 0.05) is 45.1 Å². The van der Waals surface area contributed by atoms with E-state index in [0.29, 0.717) is 23.9 Å². The van der Waals surface area contributed by atoms with Gasteiger partial charge in [0.15, 0.2) is 0 Å². The Hall–Kier alpha value is -3.78. The highest BCUT2D eigenvalue weighted by Crippen LogP contribution is 2.30. The Kier molecular flexibility index (Phi) is 7.75. The quantitative estimate of drug-likeness (QED) is 0.333. The molecule has 5 rings (SSSR count). The predicted octanol–water partition coefficient (Wildman–Crippen LogP) is 3.42. The summed E-state index contributed by atoms with van der Waals surface area (Å²) in [5, 5.41) is 10.5. The Balaban J connectivity index is 1.17. The number of carbonyl (C=O) groups is 1. The average Bonchev–Trinajstić information content (AvgIpc) is 3.34. The molecule has 0 N–H and O–H groups in total. The number of aromatic nitrogens is 4. The molecular weight excluding hydrogens is 486 g/mol. The number of nitrogens with zero attached hydrogens (tertiary/aromatic N) is 7. The summed E-state index contributed by atoms with van der Waals surface area (Å²) in [5.74, 6) is -0.396. The van der Waals surface area contributed by atoms with Crippen LogP contribution in [0.5, 0.6) is 6.01 Å². The summed E-state index contributed by atoms with van der Waals surface area (Å²) in [4.78, 5) is 34.3. The maximum Gasteiger partial charge on any atom is 0.316 e. The van der Waals surface area contributed by atoms with Crippen molar-refractivity contribution >= 4 is 27.5 Å². The predicted molar refractivity (Wildman–Crippen MR) is 140 cm³/mol. The van der Waals surface area contributed by atoms with Crippen LogP contribution in [0.2, 0.25) is 0 Å². The number of ketones is 1. The zero-order chi connectivity index (χ0) is 25.6. The van der Waals surface area contributed by atoms with Crippen molar-refractivity contribution in [3.63, 3.8) is 0 Å². The van der Waals surface area contributed by atoms with E-state index >= 15 is 0 Å². The van der Waals surface area contributed by atoms with Crippen molar-refractivity contribution in [2.24, 2.45) is 0 Å². The van der Waals surface area contributed by atoms with Gasteiger partial charge in [-0.2, -0.15) is 10.2 Å². The number of rotatable bonds is 9. The van der Waals surface area contributed by atoms with Crippen LogP contribution in [0.1, 0.15) is 34.7 Å². The summed E-state index contributed by atoms with van der Waals surface area (Å²) in [6.45, 7) is 7.18. The standard InChI is InChI=1S/C27H27N7O2S/c1-19(35)16-33-11-13-34(14-12-33)17-20-4-6-21(7-5-20)18-36-27-30-10-8-23(32-27)22(15-28)25-31-24-3-2-9-29-26(24)37-25/h2-10,22H,11-14,16-18H2,1H3. The molecule has 10 heteroatoms. The molecule has 1 atom stereocenters. The van der Waals surface area contributed by atoms with Crippen molar-refractivity contribution in [1.29, 1.82) is 5.26 Å². The fraction of sp³-hybridized carbons (Fsp3) is 0.333. The molecule has 1 fully saturated rings. The lowest BCUT2D eigenvalue weighted by Crippen LogP contribution is -2.47. The molecule has 0 aliphatic carbocycles. The van der Waals surface area contributed by atoms with Crippen LogP contribution in [0.4, 0.5) is 0 Å². The van der Waals surface area contributed by atoms with E-state index in [9.17, 15) is 10.1 Å². The summed E-state index contributed by atoms with van der Waals surface area (Å²) < 4.78 is 5.85. The number of piperazine rings is 1. The molecule has 1 saturated heterocycles. The molecule has 188 valence electrons. The van der Waals surface area contributed by atoms with E-state index in [1.807, 2.05) is 12.1 Å². The fourth-order valence-electron chi connectivity index (χ4n) is 4.31. The molecule has 3 aromatic heterocycles. The van der Waals surface area contributed by atoms with Crippen LogP contribution in [-0.4, -0.2) is 68.2 Å². The maximum atomic E-state index is 11.3. The molecular formula is C27H27N7O2S. The highest BCUT2D eigenvalue weighted by Gasteiger charge is 2.21. The van der Waals surface area contributed by atoms with Gasteiger partial charge in [0.2, 0.25) is 0 Å². The van der Waals surface area contributed by atoms with Crippen molar-refractivity contribution in [3.05, 3.63) is 76.7 Å². The second kappa shape index (κ2) is 11.5. The number of fused-ring (bicyclic) bond motifs is 1. The van der Waals surface area contributed by atoms with Crippen molar-refractivity contribution in [2.45, 2.75) is 26.0 Å². The summed E-state index contributed by atoms with van der Waals surface area (Å²) >= 11 is 1.39. The van der Waals surface area contributed by atoms with Crippen molar-refractivity contribution in [2.75, 3.05) is 32.7 Å². The zero-order valence-electron chi connectivity index (χ0n) is 20.6. The first kappa shape index (κ1) is 24.9. The third-order valence-electron chi connectivity index (χ3n) is 6.22. The van der Waals surface area contributed by atoms with Gasteiger partial charge in [0.05, 0.1) is 18.3 Å². The SMILES string of the molecule is CC(=O)CN1CCN(Cc2ccc(COc3nccc(C(C#N)c4nc5cccnc5s4)n3)cc2)CC1. The topological polar surface area (TPSA) is 108 Å². The monoisotopic (exact) mass is 513 g/mol. The molecule has 4 aromatic rings. The van der Waals surface area contributed by atoms with Gasteiger partial charge in [-0.05, 0) is 36.2 Å². The first-order chi connectivity index (χ1) is 18.1. The van der Waals surface area contributed by atoms with Gasteiger partial charge < -0.3 is 4.74 Å². The van der Waals surface area contributed by atoms with Crippen molar-refractivity contribution in [1.82, 2.24) is 29.7 Å². The molecule has 1 aliphatic heterocycles. The van der Waals surface area contributed by atoms with Gasteiger partial charge in [-0.15, -0.1) is 0 Å². The number of hydrogen-bond donors (Lipinski definition) is 0. The zero-order valence-corrected chi connectivity index (χ0v) is 21.4. The number of pyridine rings is 1. The highest BCUT2D eigenvalue weighted by molar-refractivity contribution is 7.18. The van der Waals surface area contributed by atoms with Gasteiger partial charge in [-0.3, -0.25) is 14.6 Å². The Morgan fingerprint density at radius 2 is 1.78 bits per heavy atom. The average molecular weight is 514 g/mol. The maximum absolute atomic E-state index is 11.3. The lowest BCUT2D eigenvalue weighted by molar-refractivity contribution is -0.118. The third kappa shape index (κ3) is 6.32. The van der Waals surface area contributed by atoms with E-state index < -0.39 is 5.92 Å². The second-order valence-corrected chi connectivity index (χ2v) is 10.1. The molecule has 0 amide bonds. The molecule has 1 unspecified atom stereocenters. The first-order valence-electron chi connectivity index (χ1n) is 12.2. The minimum absolute atomic E-state index is 0.221. The van der Waals surface area contributed by atoms with Crippen LogP contribution in [0.3, 0.4) is 0 Å². The number of ether oxygens (including phenoxy) is 1. The van der Waals surface area contributed by atoms with E-state index in [2.05, 4.69) is 60.1 Å². The number of thiazole rings is 1. The Bertz CT molecular complexity index is 1380. The minimum Gasteiger partial charge on any atom is -0.459 e. The number of nitriles is 1. The molecule has 0 bridgehead atoms. The molecule has 0 radical (unpaired) electrons. The van der Waals surface area contributed by atoms with Crippen LogP contribution in [0.25, 0.3) is 10.3 Å². The first-order valence-corrected chi connectivity index (χ1v) is 13.0. The van der Waals surface area contributed by atoms with Crippen LogP contribution < -0.4 is 4.74 Å². The summed E-state index contributed by atoms with van der Waals surface area (Å²) in [5.41, 5.74) is 3.57. The molecule has 1 aromatic carbocycles. The van der Waals surface area contributed by atoms with Crippen molar-refractivity contribution in [3.8, 4) is 12.1 Å². The Morgan fingerprint density at radius 3 is 2.51 bits per heavy atom. The largest absolute Gasteiger partial charge is 0.459 e. The number of benzene rings is 1. The summed E-state index contributed by atoms with van der Waals surface area (Å²) in [7, 11) is 0. The van der Waals surface area contributed by atoms with Crippen LogP contribution in [0.15, 0.2) is 54.9 Å². The second-order valence-electron chi connectivity index (χ2n) is 9.07. The van der Waals surface area contributed by atoms with E-state index in [0.717, 1.165) is 48.6 Å². The van der Waals surface area contributed by atoms with E-state index in [-0.39, 0.29) is 11.8 Å². The van der Waals surface area contributed by atoms with Gasteiger partial charge in [0.1, 0.15) is 33.7 Å². The van der Waals surface area contributed by atoms with Crippen molar-refractivity contribution < 1.29 is 9.53 Å². The van der Waals surface area contributed by atoms with Crippen LogP contribution in [0, 0.1) is 11.3 Å². The highest BCUT2D eigenvalue weighted by atomic mass is 32.1. The van der Waals surface area contributed by atoms with Gasteiger partial charge in [0.25, 0.3) is 0 Å². The third-order valence-corrected chi connectivity index (χ3v) is 7.26. The molecule has 1 aliphatic rings. The lowest BCUT2D eigenvalue weighted by atomic mass is 10.1. The fourth-order valence-corrected chi connectivity index (χ4v) is 5.27. The Labute approximate surface area is 219 Å². The number of Topliss-reactive ketones (excluding diaryl/α,β-unsaturated/α-hetero) is 1. The summed E-state index contributed by atoms with van der Waals surface area (Å²) in [6, 6.07) is 16.3. The normalized spacial score (nSPS) is 15.4. The van der Waals surface area contributed by atoms with E-state index in [4.69, 9.17) is 4.74 Å². The molecule has 4 heterocycles. The Morgan fingerprint density at radius 1 is 1.03 bits per heavy atom. The molecule has 0 spiro atoms. The van der Waals surface area contributed by atoms with E-state index in [1.165, 1.54) is 16.9 Å².